The minimum Gasteiger partial charge on any atom is -0.311 e. The number of hydrogen-bond acceptors (Lipinski definition) is 4. The van der Waals surface area contributed by atoms with Gasteiger partial charge in [-0.25, -0.2) is 8.42 Å². The molecule has 2 heterocycles. The van der Waals surface area contributed by atoms with Crippen LogP contribution >= 0.6 is 0 Å². The molecule has 0 aliphatic carbocycles. The van der Waals surface area contributed by atoms with E-state index < -0.39 is 9.84 Å². The van der Waals surface area contributed by atoms with Gasteiger partial charge in [0.1, 0.15) is 0 Å². The predicted molar refractivity (Wildman–Crippen MR) is 85.0 cm³/mol. The van der Waals surface area contributed by atoms with E-state index in [1.165, 1.54) is 0 Å². The molecule has 0 spiro atoms. The number of benzene rings is 1. The normalized spacial score (nSPS) is 20.9. The Balaban J connectivity index is 1.64. The van der Waals surface area contributed by atoms with Crippen LogP contribution in [0.15, 0.2) is 30.3 Å². The molecule has 0 radical (unpaired) electrons. The fourth-order valence-electron chi connectivity index (χ4n) is 2.85. The molecule has 0 saturated carbocycles. The minimum absolute atomic E-state index is 0.206. The van der Waals surface area contributed by atoms with E-state index in [9.17, 15) is 8.42 Å². The first-order valence-electron chi connectivity index (χ1n) is 7.33. The highest BCUT2D eigenvalue weighted by Gasteiger charge is 2.30. The Hall–Kier alpha value is -1.46. The summed E-state index contributed by atoms with van der Waals surface area (Å²) in [6, 6.07) is 10.3. The Morgan fingerprint density at radius 1 is 1.29 bits per heavy atom. The second-order valence-electron chi connectivity index (χ2n) is 5.74. The summed E-state index contributed by atoms with van der Waals surface area (Å²) in [5.74, 6) is 0.348. The molecule has 1 aromatic heterocycles. The van der Waals surface area contributed by atoms with Gasteiger partial charge in [0.25, 0.3) is 0 Å². The standard InChI is InChI=1S/C16H20N2O2S/c1-12-4-6-14-9-13(5-7-16(14)18-12)10-17-11-15-3-2-8-21(15,19)20/h4-7,9,15,17H,2-3,8,10-11H2,1H3. The van der Waals surface area contributed by atoms with E-state index in [1.54, 1.807) is 0 Å². The van der Waals surface area contributed by atoms with Gasteiger partial charge in [-0.15, -0.1) is 0 Å². The zero-order valence-corrected chi connectivity index (χ0v) is 13.0. The molecular formula is C16H20N2O2S. The Kier molecular flexibility index (Phi) is 3.95. The van der Waals surface area contributed by atoms with Crippen molar-refractivity contribution in [2.75, 3.05) is 12.3 Å². The van der Waals surface area contributed by atoms with Crippen LogP contribution in [0.3, 0.4) is 0 Å². The van der Waals surface area contributed by atoms with Crippen LogP contribution in [0.2, 0.25) is 0 Å². The molecule has 1 atom stereocenters. The summed E-state index contributed by atoms with van der Waals surface area (Å²) in [7, 11) is -2.85. The topological polar surface area (TPSA) is 59.1 Å². The molecule has 5 heteroatoms. The van der Waals surface area contributed by atoms with Gasteiger partial charge in [0.05, 0.1) is 16.5 Å². The fraction of sp³-hybridized carbons (Fsp3) is 0.438. The summed E-state index contributed by atoms with van der Waals surface area (Å²) >= 11 is 0. The molecule has 1 saturated heterocycles. The number of pyridine rings is 1. The quantitative estimate of drug-likeness (QED) is 0.941. The molecule has 3 rings (SSSR count). The van der Waals surface area contributed by atoms with E-state index in [0.29, 0.717) is 18.8 Å². The summed E-state index contributed by atoms with van der Waals surface area (Å²) in [5.41, 5.74) is 3.17. The van der Waals surface area contributed by atoms with Gasteiger partial charge in [0.2, 0.25) is 0 Å². The monoisotopic (exact) mass is 304 g/mol. The van der Waals surface area contributed by atoms with E-state index in [1.807, 2.05) is 25.1 Å². The van der Waals surface area contributed by atoms with Crippen molar-refractivity contribution in [2.24, 2.45) is 0 Å². The summed E-state index contributed by atoms with van der Waals surface area (Å²) in [5, 5.41) is 4.19. The minimum atomic E-state index is -2.85. The first-order chi connectivity index (χ1) is 10.0. The molecular weight excluding hydrogens is 284 g/mol. The fourth-order valence-corrected chi connectivity index (χ4v) is 4.65. The van der Waals surface area contributed by atoms with Gasteiger partial charge in [-0.1, -0.05) is 12.1 Å². The Morgan fingerprint density at radius 2 is 2.14 bits per heavy atom. The Labute approximate surface area is 125 Å². The average molecular weight is 304 g/mol. The number of fused-ring (bicyclic) bond motifs is 1. The van der Waals surface area contributed by atoms with Crippen LogP contribution in [0.5, 0.6) is 0 Å². The van der Waals surface area contributed by atoms with E-state index in [0.717, 1.165) is 35.0 Å². The van der Waals surface area contributed by atoms with E-state index >= 15 is 0 Å². The lowest BCUT2D eigenvalue weighted by atomic mass is 10.1. The first kappa shape index (κ1) is 14.5. The van der Waals surface area contributed by atoms with Crippen LogP contribution in [0, 0.1) is 6.92 Å². The summed E-state index contributed by atoms with van der Waals surface area (Å²) < 4.78 is 23.5. The molecule has 1 aromatic carbocycles. The number of nitrogens with zero attached hydrogens (tertiary/aromatic N) is 1. The molecule has 21 heavy (non-hydrogen) atoms. The van der Waals surface area contributed by atoms with Crippen molar-refractivity contribution >= 4 is 20.7 Å². The average Bonchev–Trinajstić information content (AvgIpc) is 2.78. The third-order valence-corrected chi connectivity index (χ3v) is 6.33. The molecule has 1 aliphatic heterocycles. The summed E-state index contributed by atoms with van der Waals surface area (Å²) in [6.45, 7) is 3.22. The first-order valence-corrected chi connectivity index (χ1v) is 9.05. The van der Waals surface area contributed by atoms with Crippen LogP contribution in [-0.2, 0) is 16.4 Å². The van der Waals surface area contributed by atoms with E-state index in [-0.39, 0.29) is 5.25 Å². The number of nitrogens with one attached hydrogen (secondary N) is 1. The van der Waals surface area contributed by atoms with Crippen molar-refractivity contribution in [1.82, 2.24) is 10.3 Å². The molecule has 1 aliphatic rings. The molecule has 112 valence electrons. The third kappa shape index (κ3) is 3.24. The van der Waals surface area contributed by atoms with E-state index in [4.69, 9.17) is 0 Å². The summed E-state index contributed by atoms with van der Waals surface area (Å²) in [6.07, 6.45) is 1.59. The molecule has 2 aromatic rings. The lowest BCUT2D eigenvalue weighted by molar-refractivity contribution is 0.574. The predicted octanol–water partition coefficient (Wildman–Crippen LogP) is 2.21. The van der Waals surface area contributed by atoms with Crippen LogP contribution < -0.4 is 5.32 Å². The number of hydrogen-bond donors (Lipinski definition) is 1. The lowest BCUT2D eigenvalue weighted by Crippen LogP contribution is -2.30. The number of aryl methyl sites for hydroxylation is 1. The largest absolute Gasteiger partial charge is 0.311 e. The van der Waals surface area contributed by atoms with Crippen molar-refractivity contribution in [2.45, 2.75) is 31.6 Å². The van der Waals surface area contributed by atoms with Crippen molar-refractivity contribution in [3.63, 3.8) is 0 Å². The SMILES string of the molecule is Cc1ccc2cc(CNCC3CCCS3(=O)=O)ccc2n1. The van der Waals surface area contributed by atoms with Crippen molar-refractivity contribution in [3.8, 4) is 0 Å². The number of rotatable bonds is 4. The molecule has 1 unspecified atom stereocenters. The smallest absolute Gasteiger partial charge is 0.154 e. The Bertz CT molecular complexity index is 756. The molecule has 4 nitrogen and oxygen atoms in total. The summed E-state index contributed by atoms with van der Waals surface area (Å²) in [4.78, 5) is 4.48. The van der Waals surface area contributed by atoms with Gasteiger partial charge in [-0.2, -0.15) is 0 Å². The Morgan fingerprint density at radius 3 is 2.90 bits per heavy atom. The van der Waals surface area contributed by atoms with Crippen LogP contribution in [-0.4, -0.2) is 30.9 Å². The van der Waals surface area contributed by atoms with Crippen molar-refractivity contribution in [3.05, 3.63) is 41.6 Å². The third-order valence-electron chi connectivity index (χ3n) is 4.06. The van der Waals surface area contributed by atoms with Gasteiger partial charge >= 0.3 is 0 Å². The van der Waals surface area contributed by atoms with Gasteiger partial charge < -0.3 is 5.32 Å². The maximum Gasteiger partial charge on any atom is 0.154 e. The molecule has 0 amide bonds. The highest BCUT2D eigenvalue weighted by atomic mass is 32.2. The van der Waals surface area contributed by atoms with Crippen molar-refractivity contribution in [1.29, 1.82) is 0 Å². The molecule has 1 fully saturated rings. The highest BCUT2D eigenvalue weighted by molar-refractivity contribution is 7.92. The maximum absolute atomic E-state index is 11.8. The van der Waals surface area contributed by atoms with Crippen LogP contribution in [0.25, 0.3) is 10.9 Å². The second kappa shape index (κ2) is 5.73. The zero-order valence-electron chi connectivity index (χ0n) is 12.2. The second-order valence-corrected chi connectivity index (χ2v) is 8.14. The van der Waals surface area contributed by atoms with Gasteiger partial charge in [-0.3, -0.25) is 4.98 Å². The van der Waals surface area contributed by atoms with Crippen LogP contribution in [0.4, 0.5) is 0 Å². The van der Waals surface area contributed by atoms with Gasteiger partial charge in [0, 0.05) is 24.2 Å². The molecule has 1 N–H and O–H groups in total. The van der Waals surface area contributed by atoms with Crippen LogP contribution in [0.1, 0.15) is 24.1 Å². The zero-order chi connectivity index (χ0) is 14.9. The van der Waals surface area contributed by atoms with Gasteiger partial charge in [0.15, 0.2) is 9.84 Å². The molecule has 0 bridgehead atoms. The number of aromatic nitrogens is 1. The maximum atomic E-state index is 11.8. The van der Waals surface area contributed by atoms with Gasteiger partial charge in [-0.05, 0) is 43.5 Å². The highest BCUT2D eigenvalue weighted by Crippen LogP contribution is 2.19. The lowest BCUT2D eigenvalue weighted by Gasteiger charge is -2.11. The van der Waals surface area contributed by atoms with E-state index in [2.05, 4.69) is 22.4 Å². The van der Waals surface area contributed by atoms with Crippen molar-refractivity contribution < 1.29 is 8.42 Å². The number of sulfone groups is 1.